The molecule has 1 aromatic heterocycles. The number of halogens is 1. The Hall–Kier alpha value is -1.97. The van der Waals surface area contributed by atoms with Crippen LogP contribution in [0.25, 0.3) is 0 Å². The zero-order valence-electron chi connectivity index (χ0n) is 17.6. The first-order valence-electron chi connectivity index (χ1n) is 9.22. The number of aliphatic imine (C=N–C) groups is 1. The molecule has 2 N–H and O–H groups in total. The lowest BCUT2D eigenvalue weighted by Crippen LogP contribution is -2.38. The van der Waals surface area contributed by atoms with Crippen LogP contribution in [0, 0.1) is 13.8 Å². The van der Waals surface area contributed by atoms with E-state index in [9.17, 15) is 0 Å². The van der Waals surface area contributed by atoms with E-state index in [2.05, 4.69) is 41.5 Å². The van der Waals surface area contributed by atoms with Gasteiger partial charge in [0.05, 0.1) is 26.5 Å². The molecule has 2 rings (SSSR count). The minimum absolute atomic E-state index is 0. The Morgan fingerprint density at radius 3 is 2.50 bits per heavy atom. The maximum absolute atomic E-state index is 5.45. The van der Waals surface area contributed by atoms with Gasteiger partial charge in [0.1, 0.15) is 11.5 Å². The van der Waals surface area contributed by atoms with Gasteiger partial charge < -0.3 is 20.1 Å². The van der Waals surface area contributed by atoms with Gasteiger partial charge in [0.2, 0.25) is 0 Å². The fraction of sp³-hybridized carbons (Fsp3) is 0.500. The molecule has 7 nitrogen and oxygen atoms in total. The predicted molar refractivity (Wildman–Crippen MR) is 124 cm³/mol. The van der Waals surface area contributed by atoms with Crippen LogP contribution in [0.15, 0.2) is 23.2 Å². The van der Waals surface area contributed by atoms with Gasteiger partial charge in [-0.1, -0.05) is 0 Å². The van der Waals surface area contributed by atoms with Crippen molar-refractivity contribution in [3.8, 4) is 11.5 Å². The molecule has 8 heteroatoms. The summed E-state index contributed by atoms with van der Waals surface area (Å²) >= 11 is 0. The lowest BCUT2D eigenvalue weighted by atomic mass is 10.1. The normalized spacial score (nSPS) is 11.0. The summed E-state index contributed by atoms with van der Waals surface area (Å²) in [6, 6.07) is 5.77. The molecule has 156 valence electrons. The summed E-state index contributed by atoms with van der Waals surface area (Å²) in [6.07, 6.45) is 0.905. The van der Waals surface area contributed by atoms with Crippen LogP contribution in [0.4, 0.5) is 0 Å². The van der Waals surface area contributed by atoms with Gasteiger partial charge in [0.25, 0.3) is 0 Å². The molecular formula is C20H32IN5O2. The molecule has 0 aliphatic rings. The average molecular weight is 501 g/mol. The quantitative estimate of drug-likeness (QED) is 0.331. The van der Waals surface area contributed by atoms with Crippen LogP contribution in [0.2, 0.25) is 0 Å². The first-order valence-corrected chi connectivity index (χ1v) is 9.22. The summed E-state index contributed by atoms with van der Waals surface area (Å²) in [5.41, 5.74) is 4.59. The Bertz CT molecular complexity index is 789. The summed E-state index contributed by atoms with van der Waals surface area (Å²) in [6.45, 7) is 8.33. The Kier molecular flexibility index (Phi) is 10.1. The zero-order valence-corrected chi connectivity index (χ0v) is 20.0. The van der Waals surface area contributed by atoms with E-state index in [1.54, 1.807) is 14.2 Å². The highest BCUT2D eigenvalue weighted by molar-refractivity contribution is 14.0. The minimum atomic E-state index is 0. The van der Waals surface area contributed by atoms with Crippen molar-refractivity contribution >= 4 is 29.9 Å². The maximum Gasteiger partial charge on any atom is 0.191 e. The topological polar surface area (TPSA) is 72.7 Å². The van der Waals surface area contributed by atoms with E-state index in [1.165, 1.54) is 11.3 Å². The zero-order chi connectivity index (χ0) is 19.8. The second kappa shape index (κ2) is 11.8. The van der Waals surface area contributed by atoms with Crippen molar-refractivity contribution in [3.05, 3.63) is 40.7 Å². The molecular weight excluding hydrogens is 469 g/mol. The summed E-state index contributed by atoms with van der Waals surface area (Å²) in [7, 11) is 5.28. The second-order valence-electron chi connectivity index (χ2n) is 6.32. The van der Waals surface area contributed by atoms with E-state index in [1.807, 2.05) is 29.9 Å². The average Bonchev–Trinajstić information content (AvgIpc) is 2.91. The molecule has 0 bridgehead atoms. The molecule has 0 amide bonds. The van der Waals surface area contributed by atoms with Gasteiger partial charge in [0.15, 0.2) is 5.96 Å². The molecule has 0 unspecified atom stereocenters. The molecule has 2 aromatic rings. The van der Waals surface area contributed by atoms with Gasteiger partial charge in [0, 0.05) is 37.5 Å². The van der Waals surface area contributed by atoms with E-state index in [0.717, 1.165) is 48.2 Å². The van der Waals surface area contributed by atoms with Crippen LogP contribution in [0.1, 0.15) is 29.4 Å². The highest BCUT2D eigenvalue weighted by Gasteiger charge is 2.09. The molecule has 1 heterocycles. The number of aryl methyl sites for hydroxylation is 2. The minimum Gasteiger partial charge on any atom is -0.497 e. The van der Waals surface area contributed by atoms with Crippen molar-refractivity contribution in [2.45, 2.75) is 33.7 Å². The van der Waals surface area contributed by atoms with Crippen molar-refractivity contribution < 1.29 is 9.47 Å². The molecule has 0 aliphatic heterocycles. The fourth-order valence-corrected chi connectivity index (χ4v) is 2.97. The van der Waals surface area contributed by atoms with Crippen LogP contribution < -0.4 is 20.1 Å². The molecule has 0 saturated heterocycles. The van der Waals surface area contributed by atoms with Crippen molar-refractivity contribution in [2.75, 3.05) is 27.3 Å². The summed E-state index contributed by atoms with van der Waals surface area (Å²) < 4.78 is 12.6. The number of nitrogens with one attached hydrogen (secondary N) is 2. The molecule has 0 aliphatic carbocycles. The van der Waals surface area contributed by atoms with E-state index in [0.29, 0.717) is 6.54 Å². The van der Waals surface area contributed by atoms with Crippen LogP contribution >= 0.6 is 24.0 Å². The standard InChI is InChI=1S/C20H31N5O2.HI/c1-7-21-20(22-11-10-18-14(2)24-25(4)15(18)3)23-13-16-8-9-17(26-5)12-19(16)27-6;/h8-9,12H,7,10-11,13H2,1-6H3,(H2,21,22,23);1H. The Morgan fingerprint density at radius 1 is 1.18 bits per heavy atom. The monoisotopic (exact) mass is 501 g/mol. The number of ether oxygens (including phenoxy) is 2. The van der Waals surface area contributed by atoms with E-state index < -0.39 is 0 Å². The summed E-state index contributed by atoms with van der Waals surface area (Å²) in [4.78, 5) is 4.68. The fourth-order valence-electron chi connectivity index (χ4n) is 2.97. The number of guanidine groups is 1. The lowest BCUT2D eigenvalue weighted by Gasteiger charge is -2.13. The molecule has 0 atom stereocenters. The number of nitrogens with zero attached hydrogens (tertiary/aromatic N) is 3. The van der Waals surface area contributed by atoms with Crippen molar-refractivity contribution in [2.24, 2.45) is 12.0 Å². The molecule has 0 radical (unpaired) electrons. The lowest BCUT2D eigenvalue weighted by molar-refractivity contribution is 0.391. The molecule has 0 spiro atoms. The van der Waals surface area contributed by atoms with Gasteiger partial charge in [-0.05, 0) is 44.9 Å². The van der Waals surface area contributed by atoms with Crippen molar-refractivity contribution in [1.29, 1.82) is 0 Å². The Balaban J connectivity index is 0.00000392. The largest absolute Gasteiger partial charge is 0.497 e. The molecule has 1 aromatic carbocycles. The van der Waals surface area contributed by atoms with Crippen LogP contribution in [0.3, 0.4) is 0 Å². The third-order valence-electron chi connectivity index (χ3n) is 4.57. The first-order chi connectivity index (χ1) is 13.0. The number of rotatable bonds is 8. The van der Waals surface area contributed by atoms with E-state index in [-0.39, 0.29) is 24.0 Å². The number of hydrogen-bond acceptors (Lipinski definition) is 4. The van der Waals surface area contributed by atoms with Crippen LogP contribution in [-0.2, 0) is 20.0 Å². The number of aromatic nitrogens is 2. The van der Waals surface area contributed by atoms with Gasteiger partial charge in [-0.3, -0.25) is 4.68 Å². The number of methoxy groups -OCH3 is 2. The van der Waals surface area contributed by atoms with Gasteiger partial charge in [-0.15, -0.1) is 24.0 Å². The molecule has 0 fully saturated rings. The number of benzene rings is 1. The van der Waals surface area contributed by atoms with E-state index in [4.69, 9.17) is 9.47 Å². The smallest absolute Gasteiger partial charge is 0.191 e. The maximum atomic E-state index is 5.45. The second-order valence-corrected chi connectivity index (χ2v) is 6.32. The Morgan fingerprint density at radius 2 is 1.93 bits per heavy atom. The SMILES string of the molecule is CCNC(=NCc1ccc(OC)cc1OC)NCCc1c(C)nn(C)c1C.I. The summed E-state index contributed by atoms with van der Waals surface area (Å²) in [5.74, 6) is 2.33. The summed E-state index contributed by atoms with van der Waals surface area (Å²) in [5, 5.41) is 11.2. The van der Waals surface area contributed by atoms with Crippen molar-refractivity contribution in [3.63, 3.8) is 0 Å². The highest BCUT2D eigenvalue weighted by Crippen LogP contribution is 2.25. The van der Waals surface area contributed by atoms with Gasteiger partial charge in [-0.25, -0.2) is 4.99 Å². The van der Waals surface area contributed by atoms with Gasteiger partial charge >= 0.3 is 0 Å². The third kappa shape index (κ3) is 6.29. The third-order valence-corrected chi connectivity index (χ3v) is 4.57. The highest BCUT2D eigenvalue weighted by atomic mass is 127. The van der Waals surface area contributed by atoms with Gasteiger partial charge in [-0.2, -0.15) is 5.10 Å². The molecule has 28 heavy (non-hydrogen) atoms. The van der Waals surface area contributed by atoms with Crippen LogP contribution in [-0.4, -0.2) is 43.0 Å². The van der Waals surface area contributed by atoms with E-state index >= 15 is 0 Å². The number of hydrogen-bond donors (Lipinski definition) is 2. The molecule has 0 saturated carbocycles. The first kappa shape index (κ1) is 24.1. The van der Waals surface area contributed by atoms with Crippen molar-refractivity contribution in [1.82, 2.24) is 20.4 Å². The Labute approximate surface area is 184 Å². The van der Waals surface area contributed by atoms with Crippen LogP contribution in [0.5, 0.6) is 11.5 Å². The predicted octanol–water partition coefficient (Wildman–Crippen LogP) is 2.97.